The number of anilines is 1. The minimum Gasteiger partial charge on any atom is -0.352 e. The van der Waals surface area contributed by atoms with E-state index in [2.05, 4.69) is 10.7 Å². The summed E-state index contributed by atoms with van der Waals surface area (Å²) < 4.78 is 13.6. The van der Waals surface area contributed by atoms with Gasteiger partial charge in [-0.2, -0.15) is 11.8 Å². The van der Waals surface area contributed by atoms with Crippen LogP contribution in [0.4, 0.5) is 5.69 Å². The van der Waals surface area contributed by atoms with Crippen LogP contribution in [0, 0.1) is 0 Å². The number of nitrogens with one attached hydrogen (secondary N) is 2. The van der Waals surface area contributed by atoms with Gasteiger partial charge in [-0.25, -0.2) is 14.6 Å². The van der Waals surface area contributed by atoms with E-state index in [-0.39, 0.29) is 11.8 Å². The van der Waals surface area contributed by atoms with Crippen molar-refractivity contribution in [3.63, 3.8) is 0 Å². The Morgan fingerprint density at radius 2 is 1.82 bits per heavy atom. The normalized spacial score (nSPS) is 17.3. The van der Waals surface area contributed by atoms with Crippen LogP contribution in [0.3, 0.4) is 0 Å². The molecule has 0 saturated heterocycles. The van der Waals surface area contributed by atoms with E-state index in [0.29, 0.717) is 44.7 Å². The van der Waals surface area contributed by atoms with Gasteiger partial charge in [0.1, 0.15) is 0 Å². The highest BCUT2D eigenvalue weighted by molar-refractivity contribution is 7.99. The summed E-state index contributed by atoms with van der Waals surface area (Å²) in [5.74, 6) is 0.481. The lowest BCUT2D eigenvalue weighted by atomic mass is 10.0. The van der Waals surface area contributed by atoms with Gasteiger partial charge in [-0.15, -0.1) is 0 Å². The summed E-state index contributed by atoms with van der Waals surface area (Å²) >= 11 is 8.17. The van der Waals surface area contributed by atoms with Gasteiger partial charge in [-0.3, -0.25) is 9.59 Å². The number of hydrazine groups is 1. The van der Waals surface area contributed by atoms with Gasteiger partial charge in [0, 0.05) is 28.9 Å². The summed E-state index contributed by atoms with van der Waals surface area (Å²) in [6.07, 6.45) is 7.53. The van der Waals surface area contributed by atoms with Crippen LogP contribution in [0.5, 0.6) is 0 Å². The number of halogens is 1. The van der Waals surface area contributed by atoms with Crippen LogP contribution in [-0.2, 0) is 17.3 Å². The van der Waals surface area contributed by atoms with Crippen molar-refractivity contribution in [1.29, 1.82) is 0 Å². The molecule has 1 saturated carbocycles. The molecule has 1 heterocycles. The second-order valence-electron chi connectivity index (χ2n) is 9.79. The fraction of sp³-hybridized carbons (Fsp3) is 0.333. The molecule has 5 rings (SSSR count). The number of carbonyl (C=O) groups is 2. The Hall–Kier alpha value is -2.65. The lowest BCUT2D eigenvalue weighted by molar-refractivity contribution is 0.0948. The molecule has 0 bridgehead atoms. The van der Waals surface area contributed by atoms with Crippen molar-refractivity contribution >= 4 is 51.7 Å². The Morgan fingerprint density at radius 1 is 1.00 bits per heavy atom. The first kappa shape index (κ1) is 27.9. The molecule has 1 fully saturated rings. The fourth-order valence-electron chi connectivity index (χ4n) is 4.98. The van der Waals surface area contributed by atoms with E-state index >= 15 is 0 Å². The van der Waals surface area contributed by atoms with Crippen LogP contribution in [0.2, 0.25) is 5.02 Å². The molecule has 1 unspecified atom stereocenters. The highest BCUT2D eigenvalue weighted by atomic mass is 35.5. The Kier molecular flexibility index (Phi) is 9.40. The Labute approximate surface area is 241 Å². The lowest BCUT2D eigenvalue weighted by Gasteiger charge is -2.24. The van der Waals surface area contributed by atoms with Gasteiger partial charge >= 0.3 is 0 Å². The highest BCUT2D eigenvalue weighted by Crippen LogP contribution is 2.34. The molecule has 2 aliphatic rings. The molecule has 2 amide bonds. The number of benzene rings is 3. The number of fused-ring (bicyclic) bond motifs is 2. The molecule has 3 aromatic carbocycles. The summed E-state index contributed by atoms with van der Waals surface area (Å²) in [4.78, 5) is 27.7. The maximum Gasteiger partial charge on any atom is 0.273 e. The Morgan fingerprint density at radius 3 is 2.64 bits per heavy atom. The number of amides is 2. The maximum absolute atomic E-state index is 13.7. The van der Waals surface area contributed by atoms with Crippen LogP contribution in [-0.4, -0.2) is 33.6 Å². The van der Waals surface area contributed by atoms with Crippen LogP contribution in [0.15, 0.2) is 76.5 Å². The molecule has 3 aromatic rings. The minimum atomic E-state index is -1.59. The molecule has 2 N–H and O–H groups in total. The van der Waals surface area contributed by atoms with E-state index < -0.39 is 10.8 Å². The molecule has 1 aliphatic carbocycles. The van der Waals surface area contributed by atoms with E-state index in [4.69, 9.17) is 11.6 Å². The van der Waals surface area contributed by atoms with Crippen LogP contribution >= 0.6 is 23.4 Å². The van der Waals surface area contributed by atoms with Crippen LogP contribution in [0.25, 0.3) is 0 Å². The summed E-state index contributed by atoms with van der Waals surface area (Å²) in [5.41, 5.74) is 5.24. The maximum atomic E-state index is 13.7. The zero-order chi connectivity index (χ0) is 27.2. The van der Waals surface area contributed by atoms with Crippen molar-refractivity contribution in [3.8, 4) is 0 Å². The lowest BCUT2D eigenvalue weighted by Crippen LogP contribution is -2.43. The number of thioether (sulfide) groups is 1. The van der Waals surface area contributed by atoms with Gasteiger partial charge in [0.05, 0.1) is 31.8 Å². The third kappa shape index (κ3) is 6.74. The highest BCUT2D eigenvalue weighted by Gasteiger charge is 2.31. The van der Waals surface area contributed by atoms with Crippen molar-refractivity contribution < 1.29 is 13.8 Å². The standard InChI is InChI=1S/C30H32ClN3O3S2/c31-23-9-6-8-21(18-23)20-33-34-26-19-22(29(35)32-16-7-17-38-24-10-2-1-3-11-24)14-15-28(26)39(37)27-13-5-4-12-25(27)30(34)36/h4-6,8-9,12-15,18-19,24,33H,1-3,7,10-11,16-17,20H2,(H,32,35). The van der Waals surface area contributed by atoms with Gasteiger partial charge < -0.3 is 5.32 Å². The van der Waals surface area contributed by atoms with Crippen molar-refractivity contribution in [3.05, 3.63) is 88.4 Å². The summed E-state index contributed by atoms with van der Waals surface area (Å²) in [5, 5.41) is 5.76. The zero-order valence-corrected chi connectivity index (χ0v) is 24.0. The van der Waals surface area contributed by atoms with Gasteiger partial charge in [0.25, 0.3) is 11.8 Å². The number of rotatable bonds is 9. The Bertz CT molecular complexity index is 1380. The zero-order valence-electron chi connectivity index (χ0n) is 21.7. The molecule has 0 aromatic heterocycles. The van der Waals surface area contributed by atoms with Crippen molar-refractivity contribution in [2.24, 2.45) is 0 Å². The third-order valence-corrected chi connectivity index (χ3v) is 10.2. The van der Waals surface area contributed by atoms with Crippen LogP contribution in [0.1, 0.15) is 64.8 Å². The number of carbonyl (C=O) groups excluding carboxylic acids is 2. The van der Waals surface area contributed by atoms with E-state index in [9.17, 15) is 13.8 Å². The molecule has 0 spiro atoms. The average Bonchev–Trinajstić information content (AvgIpc) is 3.05. The third-order valence-electron chi connectivity index (χ3n) is 7.02. The van der Waals surface area contributed by atoms with Gasteiger partial charge in [0.2, 0.25) is 0 Å². The van der Waals surface area contributed by atoms with Crippen molar-refractivity contribution in [2.75, 3.05) is 17.3 Å². The molecule has 1 atom stereocenters. The average molecular weight is 582 g/mol. The topological polar surface area (TPSA) is 78.5 Å². The van der Waals surface area contributed by atoms with Crippen LogP contribution < -0.4 is 15.8 Å². The second kappa shape index (κ2) is 13.1. The largest absolute Gasteiger partial charge is 0.352 e. The molecule has 204 valence electrons. The smallest absolute Gasteiger partial charge is 0.273 e. The SMILES string of the molecule is O=C(NCCCSC1CCCCC1)c1ccc2c(c1)N(NCc1cccc(Cl)c1)C(=O)c1ccccc1S2=O. The predicted molar refractivity (Wildman–Crippen MR) is 159 cm³/mol. The van der Waals surface area contributed by atoms with E-state index in [1.807, 2.05) is 30.0 Å². The molecule has 6 nitrogen and oxygen atoms in total. The first-order chi connectivity index (χ1) is 19.0. The second-order valence-corrected chi connectivity index (χ2v) is 13.1. The van der Waals surface area contributed by atoms with Crippen molar-refractivity contribution in [2.45, 2.75) is 60.1 Å². The molecule has 1 aliphatic heterocycles. The quantitative estimate of drug-likeness (QED) is 0.288. The van der Waals surface area contributed by atoms with E-state index in [0.717, 1.165) is 23.0 Å². The molecular weight excluding hydrogens is 550 g/mol. The Balaban J connectivity index is 1.33. The number of nitrogens with zero attached hydrogens (tertiary/aromatic N) is 1. The molecule has 0 radical (unpaired) electrons. The molecule has 9 heteroatoms. The monoisotopic (exact) mass is 581 g/mol. The fourth-order valence-corrected chi connectivity index (χ4v) is 7.83. The summed E-state index contributed by atoms with van der Waals surface area (Å²) in [7, 11) is -1.59. The predicted octanol–water partition coefficient (Wildman–Crippen LogP) is 6.36. The first-order valence-corrected chi connectivity index (χ1v) is 16.0. The number of hydrogen-bond donors (Lipinski definition) is 2. The van der Waals surface area contributed by atoms with E-state index in [1.54, 1.807) is 48.5 Å². The van der Waals surface area contributed by atoms with E-state index in [1.165, 1.54) is 37.1 Å². The minimum absolute atomic E-state index is 0.213. The van der Waals surface area contributed by atoms with Gasteiger partial charge in [-0.05, 0) is 73.0 Å². The summed E-state index contributed by atoms with van der Waals surface area (Å²) in [6.45, 7) is 0.901. The van der Waals surface area contributed by atoms with Crippen molar-refractivity contribution in [1.82, 2.24) is 10.7 Å². The first-order valence-electron chi connectivity index (χ1n) is 13.4. The molecular formula is C30H32ClN3O3S2. The molecule has 39 heavy (non-hydrogen) atoms. The summed E-state index contributed by atoms with van der Waals surface area (Å²) in [6, 6.07) is 19.3. The number of hydrogen-bond acceptors (Lipinski definition) is 5. The van der Waals surface area contributed by atoms with Gasteiger partial charge in [-0.1, -0.05) is 55.1 Å². The van der Waals surface area contributed by atoms with Gasteiger partial charge in [0.15, 0.2) is 0 Å².